The molecule has 3 heteroatoms. The van der Waals surface area contributed by atoms with Crippen LogP contribution in [0.1, 0.15) is 29.9 Å². The van der Waals surface area contributed by atoms with Gasteiger partial charge in [0.05, 0.1) is 19.3 Å². The van der Waals surface area contributed by atoms with Gasteiger partial charge in [0.15, 0.2) is 0 Å². The molecule has 1 aliphatic heterocycles. The lowest BCUT2D eigenvalue weighted by atomic mass is 9.92. The van der Waals surface area contributed by atoms with Gasteiger partial charge < -0.3 is 14.7 Å². The average molecular weight is 325 g/mol. The fraction of sp³-hybridized carbons (Fsp3) is 0.429. The maximum atomic E-state index is 10.2. The molecule has 0 spiro atoms. The van der Waals surface area contributed by atoms with Crippen LogP contribution in [0, 0.1) is 0 Å². The van der Waals surface area contributed by atoms with Gasteiger partial charge in [-0.3, -0.25) is 0 Å². The van der Waals surface area contributed by atoms with Gasteiger partial charge >= 0.3 is 0 Å². The maximum Gasteiger partial charge on any atom is 0.0900 e. The third-order valence-electron chi connectivity index (χ3n) is 4.67. The minimum atomic E-state index is -0.407. The molecule has 2 aromatic rings. The highest BCUT2D eigenvalue weighted by molar-refractivity contribution is 5.32. The van der Waals surface area contributed by atoms with Gasteiger partial charge in [-0.05, 0) is 37.1 Å². The Labute approximate surface area is 144 Å². The number of aliphatic hydroxyl groups excluding tert-OH is 1. The molecule has 1 fully saturated rings. The molecular weight excluding hydrogens is 298 g/mol. The van der Waals surface area contributed by atoms with E-state index in [1.165, 1.54) is 24.0 Å². The van der Waals surface area contributed by atoms with Crippen LogP contribution in [0.25, 0.3) is 0 Å². The first-order valence-electron chi connectivity index (χ1n) is 8.91. The second-order valence-electron chi connectivity index (χ2n) is 6.57. The standard InChI is InChI=1S/C21H27NO2/c23-20(15-22-13-7-8-14-22)16-24-17-21(18-9-3-1-4-10-18)19-11-5-2-6-12-19/h1-6,9-12,20-21,23H,7-8,13-17H2. The molecule has 1 atom stereocenters. The van der Waals surface area contributed by atoms with Crippen LogP contribution in [0.4, 0.5) is 0 Å². The summed E-state index contributed by atoms with van der Waals surface area (Å²) < 4.78 is 5.90. The zero-order valence-electron chi connectivity index (χ0n) is 14.2. The minimum absolute atomic E-state index is 0.200. The Morgan fingerprint density at radius 3 is 1.92 bits per heavy atom. The van der Waals surface area contributed by atoms with Gasteiger partial charge in [-0.15, -0.1) is 0 Å². The number of nitrogens with zero attached hydrogens (tertiary/aromatic N) is 1. The van der Waals surface area contributed by atoms with Crippen molar-refractivity contribution < 1.29 is 9.84 Å². The SMILES string of the molecule is OC(COCC(c1ccccc1)c1ccccc1)CN1CCCC1. The third-order valence-corrected chi connectivity index (χ3v) is 4.67. The molecule has 1 aliphatic rings. The zero-order valence-corrected chi connectivity index (χ0v) is 14.2. The Balaban J connectivity index is 1.56. The molecule has 0 saturated carbocycles. The molecule has 2 aromatic carbocycles. The summed E-state index contributed by atoms with van der Waals surface area (Å²) in [5.41, 5.74) is 2.50. The van der Waals surface area contributed by atoms with Gasteiger partial charge in [0.25, 0.3) is 0 Å². The van der Waals surface area contributed by atoms with E-state index in [2.05, 4.69) is 53.4 Å². The molecule has 0 aromatic heterocycles. The van der Waals surface area contributed by atoms with E-state index in [0.717, 1.165) is 19.6 Å². The highest BCUT2D eigenvalue weighted by Gasteiger charge is 2.18. The molecular formula is C21H27NO2. The molecule has 1 saturated heterocycles. The molecule has 0 radical (unpaired) electrons. The molecule has 0 bridgehead atoms. The van der Waals surface area contributed by atoms with Crippen LogP contribution in [0.3, 0.4) is 0 Å². The third kappa shape index (κ3) is 4.91. The largest absolute Gasteiger partial charge is 0.389 e. The number of β-amino-alcohol motifs (C(OH)–C–C–N with tert-alkyl or cyclic N) is 1. The van der Waals surface area contributed by atoms with Crippen LogP contribution < -0.4 is 0 Å². The van der Waals surface area contributed by atoms with Gasteiger partial charge in [0.1, 0.15) is 0 Å². The van der Waals surface area contributed by atoms with Gasteiger partial charge in [-0.1, -0.05) is 60.7 Å². The van der Waals surface area contributed by atoms with Crippen LogP contribution in [-0.4, -0.2) is 49.0 Å². The Morgan fingerprint density at radius 2 is 1.38 bits per heavy atom. The highest BCUT2D eigenvalue weighted by Crippen LogP contribution is 2.24. The van der Waals surface area contributed by atoms with Crippen LogP contribution in [0.15, 0.2) is 60.7 Å². The number of rotatable bonds is 8. The summed E-state index contributed by atoms with van der Waals surface area (Å²) in [6, 6.07) is 20.9. The second-order valence-corrected chi connectivity index (χ2v) is 6.57. The molecule has 3 rings (SSSR count). The molecule has 0 aliphatic carbocycles. The first-order chi connectivity index (χ1) is 11.8. The smallest absolute Gasteiger partial charge is 0.0900 e. The van der Waals surface area contributed by atoms with Crippen LogP contribution >= 0.6 is 0 Å². The van der Waals surface area contributed by atoms with Crippen molar-refractivity contribution in [1.29, 1.82) is 0 Å². The van der Waals surface area contributed by atoms with E-state index in [0.29, 0.717) is 13.2 Å². The molecule has 24 heavy (non-hydrogen) atoms. The fourth-order valence-electron chi connectivity index (χ4n) is 3.39. The van der Waals surface area contributed by atoms with E-state index in [4.69, 9.17) is 4.74 Å². The molecule has 1 unspecified atom stereocenters. The lowest BCUT2D eigenvalue weighted by Gasteiger charge is -2.22. The normalized spacial score (nSPS) is 16.6. The Bertz CT molecular complexity index is 542. The highest BCUT2D eigenvalue weighted by atomic mass is 16.5. The maximum absolute atomic E-state index is 10.2. The van der Waals surface area contributed by atoms with Crippen molar-refractivity contribution in [1.82, 2.24) is 4.90 Å². The zero-order chi connectivity index (χ0) is 16.6. The van der Waals surface area contributed by atoms with E-state index >= 15 is 0 Å². The van der Waals surface area contributed by atoms with Crippen molar-refractivity contribution in [3.63, 3.8) is 0 Å². The van der Waals surface area contributed by atoms with Crippen molar-refractivity contribution in [2.45, 2.75) is 24.9 Å². The van der Waals surface area contributed by atoms with E-state index in [9.17, 15) is 5.11 Å². The number of hydrogen-bond donors (Lipinski definition) is 1. The summed E-state index contributed by atoms with van der Waals surface area (Å²) in [5.74, 6) is 0.200. The van der Waals surface area contributed by atoms with E-state index in [-0.39, 0.29) is 5.92 Å². The number of likely N-dealkylation sites (tertiary alicyclic amines) is 1. The fourth-order valence-corrected chi connectivity index (χ4v) is 3.39. The van der Waals surface area contributed by atoms with Crippen LogP contribution in [0.5, 0.6) is 0 Å². The first kappa shape index (κ1) is 17.2. The summed E-state index contributed by atoms with van der Waals surface area (Å²) in [4.78, 5) is 2.32. The quantitative estimate of drug-likeness (QED) is 0.808. The predicted molar refractivity (Wildman–Crippen MR) is 97.2 cm³/mol. The summed E-state index contributed by atoms with van der Waals surface area (Å²) in [5, 5.41) is 10.2. The van der Waals surface area contributed by atoms with Crippen molar-refractivity contribution in [2.75, 3.05) is 32.8 Å². The van der Waals surface area contributed by atoms with Crippen LogP contribution in [0.2, 0.25) is 0 Å². The number of aliphatic hydroxyl groups is 1. The van der Waals surface area contributed by atoms with Crippen molar-refractivity contribution in [3.05, 3.63) is 71.8 Å². The Morgan fingerprint density at radius 1 is 0.833 bits per heavy atom. The van der Waals surface area contributed by atoms with Gasteiger partial charge in [-0.25, -0.2) is 0 Å². The lowest BCUT2D eigenvalue weighted by Crippen LogP contribution is -2.33. The molecule has 128 valence electrons. The topological polar surface area (TPSA) is 32.7 Å². The monoisotopic (exact) mass is 325 g/mol. The molecule has 1 heterocycles. The van der Waals surface area contributed by atoms with Gasteiger partial charge in [0.2, 0.25) is 0 Å². The number of benzene rings is 2. The molecule has 0 amide bonds. The van der Waals surface area contributed by atoms with E-state index < -0.39 is 6.10 Å². The summed E-state index contributed by atoms with van der Waals surface area (Å²) in [6.45, 7) is 3.92. The Kier molecular flexibility index (Phi) is 6.41. The lowest BCUT2D eigenvalue weighted by molar-refractivity contribution is 0.0180. The average Bonchev–Trinajstić information content (AvgIpc) is 3.13. The van der Waals surface area contributed by atoms with Crippen LogP contribution in [-0.2, 0) is 4.74 Å². The number of ether oxygens (including phenoxy) is 1. The van der Waals surface area contributed by atoms with E-state index in [1.54, 1.807) is 0 Å². The first-order valence-corrected chi connectivity index (χ1v) is 8.91. The van der Waals surface area contributed by atoms with E-state index in [1.807, 2.05) is 12.1 Å². The van der Waals surface area contributed by atoms with Gasteiger partial charge in [-0.2, -0.15) is 0 Å². The predicted octanol–water partition coefficient (Wildman–Crippen LogP) is 3.29. The summed E-state index contributed by atoms with van der Waals surface area (Å²) in [6.07, 6.45) is 2.09. The molecule has 1 N–H and O–H groups in total. The van der Waals surface area contributed by atoms with Gasteiger partial charge in [0, 0.05) is 12.5 Å². The Hall–Kier alpha value is -1.68. The minimum Gasteiger partial charge on any atom is -0.389 e. The summed E-state index contributed by atoms with van der Waals surface area (Å²) >= 11 is 0. The van der Waals surface area contributed by atoms with Crippen molar-refractivity contribution >= 4 is 0 Å². The number of hydrogen-bond acceptors (Lipinski definition) is 3. The second kappa shape index (κ2) is 8.97. The van der Waals surface area contributed by atoms with Crippen molar-refractivity contribution in [2.24, 2.45) is 0 Å². The summed E-state index contributed by atoms with van der Waals surface area (Å²) in [7, 11) is 0. The van der Waals surface area contributed by atoms with Crippen molar-refractivity contribution in [3.8, 4) is 0 Å². The molecule has 3 nitrogen and oxygen atoms in total.